The van der Waals surface area contributed by atoms with Gasteiger partial charge in [0.2, 0.25) is 0 Å². The summed E-state index contributed by atoms with van der Waals surface area (Å²) in [6.45, 7) is 5.37. The summed E-state index contributed by atoms with van der Waals surface area (Å²) in [6, 6.07) is 8.22. The molecule has 1 fully saturated rings. The predicted molar refractivity (Wildman–Crippen MR) is 135 cm³/mol. The summed E-state index contributed by atoms with van der Waals surface area (Å²) in [7, 11) is 0. The summed E-state index contributed by atoms with van der Waals surface area (Å²) in [5, 5.41) is 0. The van der Waals surface area contributed by atoms with E-state index in [1.165, 1.54) is 82.6 Å². The molecule has 1 aliphatic rings. The van der Waals surface area contributed by atoms with Crippen molar-refractivity contribution in [1.82, 2.24) is 9.97 Å². The highest BCUT2D eigenvalue weighted by molar-refractivity contribution is 5.55. The molecule has 1 saturated carbocycles. The van der Waals surface area contributed by atoms with E-state index in [0.29, 0.717) is 0 Å². The van der Waals surface area contributed by atoms with Gasteiger partial charge in [-0.1, -0.05) is 84.5 Å². The quantitative estimate of drug-likeness (QED) is 0.279. The Kier molecular flexibility index (Phi) is 11.0. The molecule has 32 heavy (non-hydrogen) atoms. The van der Waals surface area contributed by atoms with Crippen molar-refractivity contribution in [2.45, 2.75) is 104 Å². The number of aryl methyl sites for hydroxylation is 1. The van der Waals surface area contributed by atoms with Crippen LogP contribution >= 0.6 is 0 Å². The van der Waals surface area contributed by atoms with E-state index in [0.717, 1.165) is 48.4 Å². The fourth-order valence-corrected chi connectivity index (χ4v) is 4.99. The molecule has 3 heteroatoms. The van der Waals surface area contributed by atoms with Crippen LogP contribution in [0.4, 0.5) is 0 Å². The van der Waals surface area contributed by atoms with Crippen molar-refractivity contribution in [3.8, 4) is 17.1 Å². The molecule has 0 radical (unpaired) electrons. The lowest BCUT2D eigenvalue weighted by Crippen LogP contribution is -2.15. The van der Waals surface area contributed by atoms with Gasteiger partial charge in [-0.15, -0.1) is 0 Å². The van der Waals surface area contributed by atoms with E-state index in [1.54, 1.807) is 0 Å². The lowest BCUT2D eigenvalue weighted by atomic mass is 9.78. The zero-order valence-electron chi connectivity index (χ0n) is 20.5. The van der Waals surface area contributed by atoms with Gasteiger partial charge < -0.3 is 4.74 Å². The Labute approximate surface area is 196 Å². The number of ether oxygens (including phenoxy) is 1. The molecule has 0 amide bonds. The Morgan fingerprint density at radius 3 is 2.03 bits per heavy atom. The lowest BCUT2D eigenvalue weighted by Gasteiger charge is -2.28. The molecule has 1 aromatic heterocycles. The summed E-state index contributed by atoms with van der Waals surface area (Å²) >= 11 is 0. The van der Waals surface area contributed by atoms with Gasteiger partial charge in [0, 0.05) is 18.0 Å². The molecule has 0 spiro atoms. The molecule has 176 valence electrons. The molecule has 0 aliphatic heterocycles. The summed E-state index contributed by atoms with van der Waals surface area (Å²) in [6.07, 6.45) is 22.6. The molecule has 1 aliphatic carbocycles. The van der Waals surface area contributed by atoms with E-state index in [1.807, 2.05) is 24.5 Å². The van der Waals surface area contributed by atoms with Crippen molar-refractivity contribution in [2.24, 2.45) is 11.8 Å². The van der Waals surface area contributed by atoms with Crippen molar-refractivity contribution in [2.75, 3.05) is 6.61 Å². The van der Waals surface area contributed by atoms with Gasteiger partial charge in [-0.3, -0.25) is 0 Å². The van der Waals surface area contributed by atoms with Crippen molar-refractivity contribution >= 4 is 0 Å². The summed E-state index contributed by atoms with van der Waals surface area (Å²) in [5.74, 6) is 3.63. The normalized spacial score (nSPS) is 18.6. The number of rotatable bonds is 14. The van der Waals surface area contributed by atoms with Gasteiger partial charge in [0.1, 0.15) is 5.75 Å². The second kappa shape index (κ2) is 14.3. The summed E-state index contributed by atoms with van der Waals surface area (Å²) in [4.78, 5) is 9.28. The van der Waals surface area contributed by atoms with Crippen LogP contribution in [0.1, 0.15) is 103 Å². The standard InChI is InChI=1S/C29H44N2O/c1-3-5-6-7-8-9-21-32-28-19-17-27(18-20-28)29-30-22-26(23-31-29)16-15-25-13-11-24(10-4-2)12-14-25/h17-20,22-25H,3-16,21H2,1-2H3/t24-,25-. The summed E-state index contributed by atoms with van der Waals surface area (Å²) < 4.78 is 5.89. The smallest absolute Gasteiger partial charge is 0.159 e. The number of nitrogens with zero attached hydrogens (tertiary/aromatic N) is 2. The van der Waals surface area contributed by atoms with Gasteiger partial charge in [-0.25, -0.2) is 9.97 Å². The molecule has 1 heterocycles. The average Bonchev–Trinajstić information content (AvgIpc) is 2.84. The van der Waals surface area contributed by atoms with Gasteiger partial charge >= 0.3 is 0 Å². The largest absolute Gasteiger partial charge is 0.494 e. The molecule has 0 atom stereocenters. The monoisotopic (exact) mass is 436 g/mol. The van der Waals surface area contributed by atoms with Crippen LogP contribution in [0.25, 0.3) is 11.4 Å². The van der Waals surface area contributed by atoms with Crippen LogP contribution < -0.4 is 4.74 Å². The van der Waals surface area contributed by atoms with Crippen LogP contribution in [-0.2, 0) is 6.42 Å². The molecule has 1 aromatic carbocycles. The Bertz CT molecular complexity index is 733. The first-order chi connectivity index (χ1) is 15.8. The molecule has 0 unspecified atom stereocenters. The first kappa shape index (κ1) is 24.7. The van der Waals surface area contributed by atoms with Crippen molar-refractivity contribution in [1.29, 1.82) is 0 Å². The van der Waals surface area contributed by atoms with E-state index in [2.05, 4.69) is 35.9 Å². The van der Waals surface area contributed by atoms with Crippen LogP contribution in [-0.4, -0.2) is 16.6 Å². The number of hydrogen-bond acceptors (Lipinski definition) is 3. The zero-order valence-corrected chi connectivity index (χ0v) is 20.5. The molecule has 0 bridgehead atoms. The maximum atomic E-state index is 5.89. The molecule has 3 nitrogen and oxygen atoms in total. The molecular weight excluding hydrogens is 392 g/mol. The van der Waals surface area contributed by atoms with Crippen LogP contribution in [0.3, 0.4) is 0 Å². The minimum atomic E-state index is 0.802. The first-order valence-corrected chi connectivity index (χ1v) is 13.3. The SMILES string of the molecule is CCCCCCCCOc1ccc(-c2ncc(CC[C@H]3CC[C@H](CCC)CC3)cn2)cc1. The molecule has 2 aromatic rings. The van der Waals surface area contributed by atoms with Gasteiger partial charge in [0.15, 0.2) is 5.82 Å². The third kappa shape index (κ3) is 8.56. The Balaban J connectivity index is 1.37. The highest BCUT2D eigenvalue weighted by Crippen LogP contribution is 2.33. The summed E-state index contributed by atoms with van der Waals surface area (Å²) in [5.41, 5.74) is 2.32. The van der Waals surface area contributed by atoms with Crippen molar-refractivity contribution in [3.63, 3.8) is 0 Å². The molecular formula is C29H44N2O. The van der Waals surface area contributed by atoms with Crippen molar-refractivity contribution in [3.05, 3.63) is 42.2 Å². The maximum Gasteiger partial charge on any atom is 0.159 e. The molecule has 0 saturated heterocycles. The zero-order chi connectivity index (χ0) is 22.4. The molecule has 0 N–H and O–H groups in total. The second-order valence-electron chi connectivity index (χ2n) is 9.77. The van der Waals surface area contributed by atoms with Crippen LogP contribution in [0, 0.1) is 11.8 Å². The Morgan fingerprint density at radius 1 is 0.750 bits per heavy atom. The van der Waals surface area contributed by atoms with Crippen LogP contribution in [0.2, 0.25) is 0 Å². The minimum Gasteiger partial charge on any atom is -0.494 e. The van der Waals surface area contributed by atoms with Crippen LogP contribution in [0.5, 0.6) is 5.75 Å². The van der Waals surface area contributed by atoms with E-state index in [9.17, 15) is 0 Å². The predicted octanol–water partition coefficient (Wildman–Crippen LogP) is 8.42. The van der Waals surface area contributed by atoms with E-state index < -0.39 is 0 Å². The Morgan fingerprint density at radius 2 is 1.38 bits per heavy atom. The topological polar surface area (TPSA) is 35.0 Å². The number of aromatic nitrogens is 2. The molecule has 3 rings (SSSR count). The fourth-order valence-electron chi connectivity index (χ4n) is 4.99. The highest BCUT2D eigenvalue weighted by Gasteiger charge is 2.20. The Hall–Kier alpha value is -1.90. The van der Waals surface area contributed by atoms with Gasteiger partial charge in [-0.05, 0) is 60.9 Å². The highest BCUT2D eigenvalue weighted by atomic mass is 16.5. The van der Waals surface area contributed by atoms with Gasteiger partial charge in [0.25, 0.3) is 0 Å². The van der Waals surface area contributed by atoms with Crippen LogP contribution in [0.15, 0.2) is 36.7 Å². The average molecular weight is 437 g/mol. The third-order valence-corrected chi connectivity index (χ3v) is 7.09. The third-order valence-electron chi connectivity index (χ3n) is 7.09. The van der Waals surface area contributed by atoms with Crippen molar-refractivity contribution < 1.29 is 4.74 Å². The lowest BCUT2D eigenvalue weighted by molar-refractivity contribution is 0.252. The fraction of sp³-hybridized carbons (Fsp3) is 0.655. The van der Waals surface area contributed by atoms with Gasteiger partial charge in [0.05, 0.1) is 6.61 Å². The van der Waals surface area contributed by atoms with Gasteiger partial charge in [-0.2, -0.15) is 0 Å². The minimum absolute atomic E-state index is 0.802. The number of unbranched alkanes of at least 4 members (excludes halogenated alkanes) is 5. The number of benzene rings is 1. The maximum absolute atomic E-state index is 5.89. The first-order valence-electron chi connectivity index (χ1n) is 13.3. The van der Waals surface area contributed by atoms with E-state index >= 15 is 0 Å². The van der Waals surface area contributed by atoms with E-state index in [4.69, 9.17) is 4.74 Å². The van der Waals surface area contributed by atoms with E-state index in [-0.39, 0.29) is 0 Å². The number of hydrogen-bond donors (Lipinski definition) is 0. The second-order valence-corrected chi connectivity index (χ2v) is 9.77.